The molecule has 0 bridgehead atoms. The molecule has 0 radical (unpaired) electrons. The molecule has 1 amide bonds. The Labute approximate surface area is 214 Å². The first kappa shape index (κ1) is 25.5. The van der Waals surface area contributed by atoms with E-state index in [9.17, 15) is 23.2 Å². The Bertz CT molecular complexity index is 1420. The quantitative estimate of drug-likeness (QED) is 0.440. The highest BCUT2D eigenvalue weighted by Gasteiger charge is 2.48. The summed E-state index contributed by atoms with van der Waals surface area (Å²) in [5, 5.41) is 14.5. The summed E-state index contributed by atoms with van der Waals surface area (Å²) in [4.78, 5) is 39.5. The summed E-state index contributed by atoms with van der Waals surface area (Å²) in [5.74, 6) is -7.83. The first-order valence-electron chi connectivity index (χ1n) is 10.7. The van der Waals surface area contributed by atoms with Gasteiger partial charge in [-0.25, -0.2) is 5.01 Å². The van der Waals surface area contributed by atoms with Crippen molar-refractivity contribution < 1.29 is 23.5 Å². The third kappa shape index (κ3) is 5.03. The molecule has 0 unspecified atom stereocenters. The fraction of sp³-hybridized carbons (Fsp3) is 0.200. The maximum Gasteiger partial charge on any atom is 0.337 e. The van der Waals surface area contributed by atoms with Crippen LogP contribution in [0.4, 0.5) is 8.78 Å². The number of H-pyrrole nitrogens is 1. The second-order valence-electron chi connectivity index (χ2n) is 8.30. The molecule has 1 aliphatic rings. The predicted octanol–water partition coefficient (Wildman–Crippen LogP) is 5.44. The maximum absolute atomic E-state index is 14.6. The van der Waals surface area contributed by atoms with E-state index >= 15 is 0 Å². The molecule has 0 aliphatic carbocycles. The Morgan fingerprint density at radius 1 is 1.08 bits per heavy atom. The van der Waals surface area contributed by atoms with Crippen LogP contribution < -0.4 is 5.56 Å². The molecule has 0 spiro atoms. The van der Waals surface area contributed by atoms with Gasteiger partial charge in [0.2, 0.25) is 0 Å². The van der Waals surface area contributed by atoms with Crippen molar-refractivity contribution in [1.82, 2.24) is 9.99 Å². The monoisotopic (exact) mass is 533 g/mol. The average molecular weight is 534 g/mol. The van der Waals surface area contributed by atoms with Gasteiger partial charge in [0.05, 0.1) is 17.3 Å². The Morgan fingerprint density at radius 3 is 2.25 bits per heavy atom. The molecule has 11 heteroatoms. The Hall–Kier alpha value is -3.56. The van der Waals surface area contributed by atoms with Crippen molar-refractivity contribution in [2.24, 2.45) is 5.10 Å². The van der Waals surface area contributed by atoms with Gasteiger partial charge in [0.15, 0.2) is 0 Å². The van der Waals surface area contributed by atoms with Crippen LogP contribution in [0.3, 0.4) is 0 Å². The molecule has 1 atom stereocenters. The molecule has 2 N–H and O–H groups in total. The summed E-state index contributed by atoms with van der Waals surface area (Å²) in [5.41, 5.74) is 1.97. The number of carbonyl (C=O) groups excluding carboxylic acids is 1. The minimum atomic E-state index is -4.21. The Morgan fingerprint density at radius 2 is 1.67 bits per heavy atom. The van der Waals surface area contributed by atoms with Gasteiger partial charge in [-0.1, -0.05) is 47.5 Å². The average Bonchev–Trinajstić information content (AvgIpc) is 3.25. The summed E-state index contributed by atoms with van der Waals surface area (Å²) in [7, 11) is 0. The number of carboxylic acid groups (broad SMARTS) is 1. The minimum Gasteiger partial charge on any atom is -0.481 e. The predicted molar refractivity (Wildman–Crippen MR) is 132 cm³/mol. The molecule has 186 valence electrons. The SMILES string of the molecule is Cc1c[nH]c(=O)c(C2=NN(C(=O)C(F)(F)CC(=O)O)[C@@H](c3ccc(Cl)cc3)C2)c1-c1ccc(Cl)cc1. The van der Waals surface area contributed by atoms with Gasteiger partial charge in [-0.15, -0.1) is 0 Å². The lowest BCUT2D eigenvalue weighted by atomic mass is 9.91. The number of aliphatic carboxylic acids is 1. The van der Waals surface area contributed by atoms with E-state index in [1.807, 2.05) is 0 Å². The molecule has 36 heavy (non-hydrogen) atoms. The van der Waals surface area contributed by atoms with Gasteiger partial charge in [-0.3, -0.25) is 14.4 Å². The molecule has 3 aromatic rings. The molecule has 0 saturated carbocycles. The van der Waals surface area contributed by atoms with E-state index in [1.54, 1.807) is 43.3 Å². The zero-order valence-corrected chi connectivity index (χ0v) is 20.3. The first-order chi connectivity index (χ1) is 17.0. The molecular formula is C25H19Cl2F2N3O4. The van der Waals surface area contributed by atoms with E-state index in [4.69, 9.17) is 28.3 Å². The molecule has 1 aromatic heterocycles. The lowest BCUT2D eigenvalue weighted by molar-refractivity contribution is -0.167. The molecule has 2 heterocycles. The van der Waals surface area contributed by atoms with Gasteiger partial charge in [0, 0.05) is 28.2 Å². The standard InChI is InChI=1S/C25H19Cl2F2N3O4/c1-13-12-30-23(35)22(21(13)15-4-8-17(27)9-5-15)18-10-19(14-2-6-16(26)7-3-14)32(31-18)24(36)25(28,29)11-20(33)34/h2-9,12,19H,10-11H2,1H3,(H,30,35)(H,33,34)/t19-/m1/s1. The highest BCUT2D eigenvalue weighted by molar-refractivity contribution is 6.30. The van der Waals surface area contributed by atoms with E-state index in [2.05, 4.69) is 10.1 Å². The molecule has 7 nitrogen and oxygen atoms in total. The van der Waals surface area contributed by atoms with Crippen molar-refractivity contribution in [3.63, 3.8) is 0 Å². The number of amides is 1. The number of benzene rings is 2. The number of aromatic amines is 1. The molecule has 1 aliphatic heterocycles. The number of carbonyl (C=O) groups is 2. The second kappa shape index (κ2) is 9.83. The number of hydrogen-bond donors (Lipinski definition) is 2. The van der Waals surface area contributed by atoms with E-state index in [1.165, 1.54) is 18.3 Å². The number of carboxylic acids is 1. The number of pyridine rings is 1. The lowest BCUT2D eigenvalue weighted by Crippen LogP contribution is -2.42. The summed E-state index contributed by atoms with van der Waals surface area (Å²) < 4.78 is 29.2. The highest BCUT2D eigenvalue weighted by Crippen LogP contribution is 2.38. The first-order valence-corrected chi connectivity index (χ1v) is 11.5. The van der Waals surface area contributed by atoms with Gasteiger partial charge < -0.3 is 10.1 Å². The number of nitrogens with zero attached hydrogens (tertiary/aromatic N) is 2. The van der Waals surface area contributed by atoms with Crippen LogP contribution in [0.25, 0.3) is 11.1 Å². The number of alkyl halides is 2. The van der Waals surface area contributed by atoms with E-state index in [-0.39, 0.29) is 17.7 Å². The second-order valence-corrected chi connectivity index (χ2v) is 9.17. The topological polar surface area (TPSA) is 103 Å². The number of hydrazone groups is 1. The zero-order chi connectivity index (χ0) is 26.2. The van der Waals surface area contributed by atoms with Crippen LogP contribution in [0.2, 0.25) is 10.0 Å². The van der Waals surface area contributed by atoms with Gasteiger partial charge >= 0.3 is 17.8 Å². The number of halogens is 4. The zero-order valence-electron chi connectivity index (χ0n) is 18.8. The maximum atomic E-state index is 14.6. The molecule has 0 fully saturated rings. The van der Waals surface area contributed by atoms with Crippen LogP contribution in [0, 0.1) is 6.92 Å². The van der Waals surface area contributed by atoms with Crippen molar-refractivity contribution in [2.45, 2.75) is 31.7 Å². The lowest BCUT2D eigenvalue weighted by Gasteiger charge is -2.25. The third-order valence-corrected chi connectivity index (χ3v) is 6.28. The highest BCUT2D eigenvalue weighted by atomic mass is 35.5. The van der Waals surface area contributed by atoms with Crippen LogP contribution >= 0.6 is 23.2 Å². The van der Waals surface area contributed by atoms with E-state index < -0.39 is 35.8 Å². The van der Waals surface area contributed by atoms with Crippen molar-refractivity contribution >= 4 is 40.8 Å². The number of rotatable bonds is 6. The number of nitrogens with one attached hydrogen (secondary N) is 1. The minimum absolute atomic E-state index is 0.0658. The van der Waals surface area contributed by atoms with Gasteiger partial charge in [0.25, 0.3) is 5.56 Å². The van der Waals surface area contributed by atoms with Crippen molar-refractivity contribution in [1.29, 1.82) is 0 Å². The molecule has 2 aromatic carbocycles. The van der Waals surface area contributed by atoms with Crippen LogP contribution in [0.5, 0.6) is 0 Å². The van der Waals surface area contributed by atoms with E-state index in [0.29, 0.717) is 37.3 Å². The van der Waals surface area contributed by atoms with Crippen LogP contribution in [0.15, 0.2) is 64.6 Å². The van der Waals surface area contributed by atoms with Crippen LogP contribution in [-0.4, -0.2) is 38.6 Å². The molecular weight excluding hydrogens is 515 g/mol. The van der Waals surface area contributed by atoms with Crippen LogP contribution in [-0.2, 0) is 9.59 Å². The van der Waals surface area contributed by atoms with Crippen molar-refractivity contribution in [3.05, 3.63) is 91.8 Å². The number of aromatic nitrogens is 1. The summed E-state index contributed by atoms with van der Waals surface area (Å²) in [6.07, 6.45) is -0.239. The van der Waals surface area contributed by atoms with Crippen LogP contribution in [0.1, 0.15) is 35.6 Å². The van der Waals surface area contributed by atoms with E-state index in [0.717, 1.165) is 0 Å². The van der Waals surface area contributed by atoms with Crippen molar-refractivity contribution in [2.75, 3.05) is 0 Å². The van der Waals surface area contributed by atoms with Gasteiger partial charge in [0.1, 0.15) is 6.42 Å². The fourth-order valence-corrected chi connectivity index (χ4v) is 4.37. The van der Waals surface area contributed by atoms with Crippen molar-refractivity contribution in [3.8, 4) is 11.1 Å². The smallest absolute Gasteiger partial charge is 0.337 e. The summed E-state index contributed by atoms with van der Waals surface area (Å²) >= 11 is 12.0. The fourth-order valence-electron chi connectivity index (χ4n) is 4.12. The Balaban J connectivity index is 1.87. The molecule has 4 rings (SSSR count). The third-order valence-electron chi connectivity index (χ3n) is 5.77. The number of aryl methyl sites for hydroxylation is 1. The Kier molecular flexibility index (Phi) is 6.97. The normalized spacial score (nSPS) is 15.6. The van der Waals surface area contributed by atoms with Gasteiger partial charge in [-0.05, 0) is 47.9 Å². The number of hydrogen-bond acceptors (Lipinski definition) is 4. The largest absolute Gasteiger partial charge is 0.481 e. The summed E-state index contributed by atoms with van der Waals surface area (Å²) in [6.45, 7) is 1.76. The molecule has 0 saturated heterocycles. The van der Waals surface area contributed by atoms with Gasteiger partial charge in [-0.2, -0.15) is 13.9 Å². The summed E-state index contributed by atoms with van der Waals surface area (Å²) in [6, 6.07) is 11.9.